The molecule has 1 fully saturated rings. The SMILES string of the molecule is N#Cc1ccc(OC2CCC(NC(=O)CN=CN)CC2)cc1Cl. The van der Waals surface area contributed by atoms with Crippen LogP contribution in [0.2, 0.25) is 5.02 Å². The Kier molecular flexibility index (Phi) is 6.24. The van der Waals surface area contributed by atoms with Gasteiger partial charge >= 0.3 is 0 Å². The van der Waals surface area contributed by atoms with E-state index in [0.29, 0.717) is 16.3 Å². The minimum absolute atomic E-state index is 0.0661. The van der Waals surface area contributed by atoms with Crippen LogP contribution < -0.4 is 15.8 Å². The lowest BCUT2D eigenvalue weighted by molar-refractivity contribution is -0.120. The molecule has 0 aromatic heterocycles. The van der Waals surface area contributed by atoms with Crippen molar-refractivity contribution in [3.8, 4) is 11.8 Å². The minimum Gasteiger partial charge on any atom is -0.490 e. The zero-order valence-corrected chi connectivity index (χ0v) is 13.4. The number of hydrogen-bond donors (Lipinski definition) is 2. The molecular weight excluding hydrogens is 316 g/mol. The molecule has 23 heavy (non-hydrogen) atoms. The first kappa shape index (κ1) is 17.1. The Bertz CT molecular complexity index is 619. The molecule has 3 N–H and O–H groups in total. The summed E-state index contributed by atoms with van der Waals surface area (Å²) in [5, 5.41) is 12.2. The Labute approximate surface area is 140 Å². The van der Waals surface area contributed by atoms with Crippen LogP contribution in [-0.4, -0.2) is 30.9 Å². The largest absolute Gasteiger partial charge is 0.490 e. The molecule has 0 heterocycles. The fourth-order valence-electron chi connectivity index (χ4n) is 2.59. The Morgan fingerprint density at radius 2 is 2.22 bits per heavy atom. The Hall–Kier alpha value is -2.26. The van der Waals surface area contributed by atoms with Gasteiger partial charge in [0.25, 0.3) is 0 Å². The van der Waals surface area contributed by atoms with Gasteiger partial charge in [-0.3, -0.25) is 9.79 Å². The lowest BCUT2D eigenvalue weighted by Gasteiger charge is -2.29. The van der Waals surface area contributed by atoms with Crippen LogP contribution >= 0.6 is 11.6 Å². The van der Waals surface area contributed by atoms with Crippen molar-refractivity contribution in [2.45, 2.75) is 37.8 Å². The van der Waals surface area contributed by atoms with Gasteiger partial charge in [-0.25, -0.2) is 0 Å². The summed E-state index contributed by atoms with van der Waals surface area (Å²) in [6.45, 7) is 0.0661. The highest BCUT2D eigenvalue weighted by Gasteiger charge is 2.23. The second kappa shape index (κ2) is 8.39. The van der Waals surface area contributed by atoms with E-state index in [1.807, 2.05) is 6.07 Å². The molecule has 0 aliphatic heterocycles. The van der Waals surface area contributed by atoms with Gasteiger partial charge in [0.2, 0.25) is 5.91 Å². The topological polar surface area (TPSA) is 100 Å². The lowest BCUT2D eigenvalue weighted by atomic mass is 9.93. The number of nitrogens with two attached hydrogens (primary N) is 1. The first-order valence-corrected chi connectivity index (χ1v) is 7.86. The Morgan fingerprint density at radius 3 is 2.83 bits per heavy atom. The summed E-state index contributed by atoms with van der Waals surface area (Å²) < 4.78 is 5.91. The molecule has 0 spiro atoms. The number of rotatable bonds is 5. The third kappa shape index (κ3) is 5.15. The van der Waals surface area contributed by atoms with E-state index >= 15 is 0 Å². The van der Waals surface area contributed by atoms with Crippen molar-refractivity contribution in [2.24, 2.45) is 10.7 Å². The van der Waals surface area contributed by atoms with Crippen LogP contribution in [0.3, 0.4) is 0 Å². The number of ether oxygens (including phenoxy) is 1. The normalized spacial score (nSPS) is 20.9. The van der Waals surface area contributed by atoms with Crippen LogP contribution in [0.5, 0.6) is 5.75 Å². The monoisotopic (exact) mass is 334 g/mol. The molecule has 7 heteroatoms. The lowest BCUT2D eigenvalue weighted by Crippen LogP contribution is -2.40. The van der Waals surface area contributed by atoms with Crippen LogP contribution in [0, 0.1) is 11.3 Å². The van der Waals surface area contributed by atoms with Crippen molar-refractivity contribution in [1.29, 1.82) is 5.26 Å². The van der Waals surface area contributed by atoms with Crippen molar-refractivity contribution < 1.29 is 9.53 Å². The van der Waals surface area contributed by atoms with Crippen LogP contribution in [-0.2, 0) is 4.79 Å². The molecule has 0 radical (unpaired) electrons. The molecule has 1 amide bonds. The zero-order chi connectivity index (χ0) is 16.7. The van der Waals surface area contributed by atoms with E-state index in [-0.39, 0.29) is 24.6 Å². The fraction of sp³-hybridized carbons (Fsp3) is 0.438. The number of nitriles is 1. The van der Waals surface area contributed by atoms with Gasteiger partial charge in [0.15, 0.2) is 0 Å². The van der Waals surface area contributed by atoms with Crippen molar-refractivity contribution >= 4 is 23.8 Å². The van der Waals surface area contributed by atoms with E-state index in [9.17, 15) is 4.79 Å². The molecule has 0 unspecified atom stereocenters. The standard InChI is InChI=1S/C16H19ClN4O2/c17-15-7-14(4-1-11(15)8-18)23-13-5-2-12(3-6-13)21-16(22)9-20-10-19/h1,4,7,10,12-13H,2-3,5-6,9H2,(H2,19,20)(H,21,22). The van der Waals surface area contributed by atoms with E-state index in [4.69, 9.17) is 27.3 Å². The maximum absolute atomic E-state index is 11.6. The van der Waals surface area contributed by atoms with E-state index in [1.165, 1.54) is 0 Å². The summed E-state index contributed by atoms with van der Waals surface area (Å²) in [4.78, 5) is 15.3. The molecular formula is C16H19ClN4O2. The summed E-state index contributed by atoms with van der Waals surface area (Å²) in [7, 11) is 0. The van der Waals surface area contributed by atoms with Gasteiger partial charge in [0.05, 0.1) is 23.0 Å². The van der Waals surface area contributed by atoms with Gasteiger partial charge in [-0.05, 0) is 37.8 Å². The maximum Gasteiger partial charge on any atom is 0.241 e. The number of halogens is 1. The van der Waals surface area contributed by atoms with Gasteiger partial charge in [0.1, 0.15) is 18.4 Å². The number of carbonyl (C=O) groups is 1. The summed E-state index contributed by atoms with van der Waals surface area (Å²) in [5.74, 6) is 0.550. The summed E-state index contributed by atoms with van der Waals surface area (Å²) in [6.07, 6.45) is 4.63. The number of nitrogens with zero attached hydrogens (tertiary/aromatic N) is 2. The number of hydrogen-bond acceptors (Lipinski definition) is 4. The number of benzene rings is 1. The van der Waals surface area contributed by atoms with E-state index in [0.717, 1.165) is 32.0 Å². The number of carbonyl (C=O) groups excluding carboxylic acids is 1. The average Bonchev–Trinajstić information content (AvgIpc) is 2.55. The van der Waals surface area contributed by atoms with Gasteiger partial charge in [0, 0.05) is 12.1 Å². The van der Waals surface area contributed by atoms with Gasteiger partial charge < -0.3 is 15.8 Å². The smallest absolute Gasteiger partial charge is 0.241 e. The van der Waals surface area contributed by atoms with Crippen LogP contribution in [0.1, 0.15) is 31.2 Å². The van der Waals surface area contributed by atoms with Crippen molar-refractivity contribution in [1.82, 2.24) is 5.32 Å². The fourth-order valence-corrected chi connectivity index (χ4v) is 2.80. The summed E-state index contributed by atoms with van der Waals surface area (Å²) in [6, 6.07) is 7.24. The maximum atomic E-state index is 11.6. The Balaban J connectivity index is 1.80. The molecule has 0 atom stereocenters. The van der Waals surface area contributed by atoms with E-state index < -0.39 is 0 Å². The van der Waals surface area contributed by atoms with Crippen LogP contribution in [0.15, 0.2) is 23.2 Å². The van der Waals surface area contributed by atoms with E-state index in [1.54, 1.807) is 18.2 Å². The molecule has 1 aromatic rings. The van der Waals surface area contributed by atoms with E-state index in [2.05, 4.69) is 10.3 Å². The van der Waals surface area contributed by atoms with Crippen molar-refractivity contribution in [2.75, 3.05) is 6.54 Å². The van der Waals surface area contributed by atoms with Gasteiger partial charge in [-0.2, -0.15) is 5.26 Å². The van der Waals surface area contributed by atoms with Crippen LogP contribution in [0.25, 0.3) is 0 Å². The van der Waals surface area contributed by atoms with Crippen LogP contribution in [0.4, 0.5) is 0 Å². The molecule has 1 aromatic carbocycles. The zero-order valence-electron chi connectivity index (χ0n) is 12.7. The molecule has 0 bridgehead atoms. The quantitative estimate of drug-likeness (QED) is 0.635. The minimum atomic E-state index is -0.116. The molecule has 1 saturated carbocycles. The second-order valence-corrected chi connectivity index (χ2v) is 5.81. The second-order valence-electron chi connectivity index (χ2n) is 5.40. The highest BCUT2D eigenvalue weighted by Crippen LogP contribution is 2.27. The first-order valence-electron chi connectivity index (χ1n) is 7.48. The summed E-state index contributed by atoms with van der Waals surface area (Å²) >= 11 is 6.00. The van der Waals surface area contributed by atoms with Gasteiger partial charge in [-0.1, -0.05) is 11.6 Å². The van der Waals surface area contributed by atoms with Gasteiger partial charge in [-0.15, -0.1) is 0 Å². The van der Waals surface area contributed by atoms with Crippen molar-refractivity contribution in [3.63, 3.8) is 0 Å². The molecule has 1 aliphatic rings. The number of amides is 1. The molecule has 6 nitrogen and oxygen atoms in total. The Morgan fingerprint density at radius 1 is 1.48 bits per heavy atom. The highest BCUT2D eigenvalue weighted by atomic mass is 35.5. The summed E-state index contributed by atoms with van der Waals surface area (Å²) in [5.41, 5.74) is 5.55. The average molecular weight is 335 g/mol. The third-order valence-corrected chi connectivity index (χ3v) is 4.06. The van der Waals surface area contributed by atoms with Crippen molar-refractivity contribution in [3.05, 3.63) is 28.8 Å². The highest BCUT2D eigenvalue weighted by molar-refractivity contribution is 6.31. The molecule has 1 aliphatic carbocycles. The number of aliphatic imine (C=N–C) groups is 1. The molecule has 122 valence electrons. The predicted molar refractivity (Wildman–Crippen MR) is 88.5 cm³/mol. The molecule has 2 rings (SSSR count). The predicted octanol–water partition coefficient (Wildman–Crippen LogP) is 2.00. The molecule has 0 saturated heterocycles. The number of nitrogens with one attached hydrogen (secondary N) is 1. The third-order valence-electron chi connectivity index (χ3n) is 3.74. The first-order chi connectivity index (χ1) is 11.1.